The normalized spacial score (nSPS) is 21.3. The van der Waals surface area contributed by atoms with E-state index in [1.165, 1.54) is 17.7 Å². The summed E-state index contributed by atoms with van der Waals surface area (Å²) < 4.78 is 0.950. The molecule has 2 aliphatic carbocycles. The van der Waals surface area contributed by atoms with Gasteiger partial charge in [-0.2, -0.15) is 0 Å². The summed E-state index contributed by atoms with van der Waals surface area (Å²) >= 11 is 2.71. The molecule has 3 nitrogen and oxygen atoms in total. The number of carbonyl (C=O) groups is 2. The Bertz CT molecular complexity index is 570. The first-order chi connectivity index (χ1) is 8.87. The maximum absolute atomic E-state index is 12.4. The van der Waals surface area contributed by atoms with Gasteiger partial charge in [0.15, 0.2) is 5.78 Å². The summed E-state index contributed by atoms with van der Waals surface area (Å²) in [6.07, 6.45) is 3.82. The number of carbonyl (C=O) groups excluding carboxylic acids is 2. The molecule has 5 heteroatoms. The third-order valence-corrected chi connectivity index (χ3v) is 6.03. The van der Waals surface area contributed by atoms with Crippen molar-refractivity contribution in [2.75, 3.05) is 0 Å². The van der Waals surface area contributed by atoms with Gasteiger partial charge in [0.25, 0.3) is 5.24 Å². The van der Waals surface area contributed by atoms with Gasteiger partial charge in [-0.1, -0.05) is 13.8 Å². The van der Waals surface area contributed by atoms with Crippen LogP contribution >= 0.6 is 23.1 Å². The molecule has 19 heavy (non-hydrogen) atoms. The number of thioether (sulfide) groups is 1. The minimum Gasteiger partial charge on any atom is -0.360 e. The average Bonchev–Trinajstić information content (AvgIpc) is 3.02. The van der Waals surface area contributed by atoms with Crippen LogP contribution in [-0.2, 0) is 6.42 Å². The van der Waals surface area contributed by atoms with Crippen molar-refractivity contribution in [2.24, 2.45) is 11.1 Å². The molecule has 1 aromatic rings. The van der Waals surface area contributed by atoms with Crippen LogP contribution in [0.1, 0.15) is 59.8 Å². The molecule has 0 saturated heterocycles. The van der Waals surface area contributed by atoms with E-state index in [1.54, 1.807) is 11.3 Å². The Hall–Kier alpha value is -0.810. The molecule has 102 valence electrons. The van der Waals surface area contributed by atoms with Crippen LogP contribution in [0.5, 0.6) is 0 Å². The molecular weight excluding hydrogens is 278 g/mol. The fourth-order valence-corrected chi connectivity index (χ4v) is 5.20. The Morgan fingerprint density at radius 1 is 1.37 bits per heavy atom. The van der Waals surface area contributed by atoms with Gasteiger partial charge in [0.05, 0.1) is 4.21 Å². The predicted molar refractivity (Wildman–Crippen MR) is 78.2 cm³/mol. The number of hydrogen-bond donors (Lipinski definition) is 1. The van der Waals surface area contributed by atoms with Gasteiger partial charge in [0.1, 0.15) is 0 Å². The van der Waals surface area contributed by atoms with Crippen molar-refractivity contribution >= 4 is 34.1 Å². The summed E-state index contributed by atoms with van der Waals surface area (Å²) in [6, 6.07) is 0. The first kappa shape index (κ1) is 13.2. The lowest BCUT2D eigenvalue weighted by atomic mass is 9.74. The molecule has 0 unspecified atom stereocenters. The van der Waals surface area contributed by atoms with Crippen LogP contribution in [0.25, 0.3) is 0 Å². The van der Waals surface area contributed by atoms with Gasteiger partial charge in [0.2, 0.25) is 0 Å². The Morgan fingerprint density at radius 3 is 2.63 bits per heavy atom. The molecule has 1 heterocycles. The Labute approximate surface area is 120 Å². The molecule has 1 saturated carbocycles. The molecule has 0 aromatic carbocycles. The topological polar surface area (TPSA) is 60.2 Å². The molecule has 0 atom stereocenters. The van der Waals surface area contributed by atoms with Crippen molar-refractivity contribution in [1.29, 1.82) is 0 Å². The summed E-state index contributed by atoms with van der Waals surface area (Å²) in [5.74, 6) is 0.798. The Kier molecular flexibility index (Phi) is 3.02. The van der Waals surface area contributed by atoms with Crippen LogP contribution in [-0.4, -0.2) is 11.0 Å². The number of Topliss-reactive ketones (excluding diaryl/α,β-unsaturated/α-hetero) is 1. The van der Waals surface area contributed by atoms with E-state index < -0.39 is 0 Å². The molecule has 0 radical (unpaired) electrons. The van der Waals surface area contributed by atoms with Crippen molar-refractivity contribution in [3.05, 3.63) is 16.0 Å². The molecule has 1 fully saturated rings. The van der Waals surface area contributed by atoms with Gasteiger partial charge >= 0.3 is 0 Å². The van der Waals surface area contributed by atoms with E-state index in [2.05, 4.69) is 13.8 Å². The Balaban J connectivity index is 2.10. The van der Waals surface area contributed by atoms with Gasteiger partial charge in [-0.25, -0.2) is 0 Å². The van der Waals surface area contributed by atoms with Crippen molar-refractivity contribution in [1.82, 2.24) is 0 Å². The highest BCUT2D eigenvalue weighted by atomic mass is 32.2. The minimum atomic E-state index is -0.387. The smallest absolute Gasteiger partial charge is 0.282 e. The monoisotopic (exact) mass is 295 g/mol. The second-order valence-corrected chi connectivity index (χ2v) is 8.57. The fraction of sp³-hybridized carbons (Fsp3) is 0.571. The lowest BCUT2D eigenvalue weighted by molar-refractivity contribution is 0.0911. The number of fused-ring (bicyclic) bond motifs is 1. The maximum Gasteiger partial charge on any atom is 0.282 e. The molecule has 1 amide bonds. The molecule has 0 aliphatic heterocycles. The molecule has 2 N–H and O–H groups in total. The van der Waals surface area contributed by atoms with Crippen LogP contribution in [0.3, 0.4) is 0 Å². The summed E-state index contributed by atoms with van der Waals surface area (Å²) in [4.78, 5) is 24.8. The van der Waals surface area contributed by atoms with Crippen molar-refractivity contribution in [3.63, 3.8) is 0 Å². The zero-order valence-electron chi connectivity index (χ0n) is 11.1. The molecule has 2 aliphatic rings. The molecule has 0 spiro atoms. The molecule has 3 rings (SSSR count). The number of primary amides is 1. The summed E-state index contributed by atoms with van der Waals surface area (Å²) in [5, 5.41) is -0.387. The summed E-state index contributed by atoms with van der Waals surface area (Å²) in [5.41, 5.74) is 7.30. The average molecular weight is 295 g/mol. The van der Waals surface area contributed by atoms with Crippen LogP contribution in [0.4, 0.5) is 4.79 Å². The first-order valence-electron chi connectivity index (χ1n) is 6.53. The maximum atomic E-state index is 12.4. The van der Waals surface area contributed by atoms with Gasteiger partial charge in [-0.15, -0.1) is 11.3 Å². The number of rotatable bonds is 2. The van der Waals surface area contributed by atoms with Gasteiger partial charge < -0.3 is 5.73 Å². The third kappa shape index (κ3) is 2.46. The largest absolute Gasteiger partial charge is 0.360 e. The first-order valence-corrected chi connectivity index (χ1v) is 8.17. The van der Waals surface area contributed by atoms with Crippen molar-refractivity contribution < 1.29 is 9.59 Å². The minimum absolute atomic E-state index is 0.0149. The highest BCUT2D eigenvalue weighted by Gasteiger charge is 2.40. The van der Waals surface area contributed by atoms with Crippen molar-refractivity contribution in [2.45, 2.75) is 49.7 Å². The number of nitrogens with two attached hydrogens (primary N) is 1. The van der Waals surface area contributed by atoms with E-state index in [0.717, 1.165) is 33.5 Å². The molecule has 1 aromatic heterocycles. The predicted octanol–water partition coefficient (Wildman–Crippen LogP) is 3.95. The molecular formula is C14H17NO2S2. The van der Waals surface area contributed by atoms with E-state index in [0.29, 0.717) is 12.3 Å². The van der Waals surface area contributed by atoms with E-state index in [4.69, 9.17) is 5.73 Å². The zero-order chi connectivity index (χ0) is 13.8. The number of thiophene rings is 1. The SMILES string of the molecule is CC1(C)CC(=O)c2c(C3CC3)sc(SC(N)=O)c2C1. The lowest BCUT2D eigenvalue weighted by Gasteiger charge is -2.29. The van der Waals surface area contributed by atoms with E-state index >= 15 is 0 Å². The van der Waals surface area contributed by atoms with Crippen LogP contribution in [0, 0.1) is 5.41 Å². The second kappa shape index (κ2) is 4.35. The lowest BCUT2D eigenvalue weighted by Crippen LogP contribution is -2.27. The summed E-state index contributed by atoms with van der Waals surface area (Å²) in [7, 11) is 0. The number of hydrogen-bond acceptors (Lipinski definition) is 4. The van der Waals surface area contributed by atoms with Gasteiger partial charge in [0, 0.05) is 16.9 Å². The van der Waals surface area contributed by atoms with E-state index in [1.807, 2.05) is 0 Å². The number of amides is 1. The third-order valence-electron chi connectivity index (χ3n) is 3.71. The van der Waals surface area contributed by atoms with Crippen LogP contribution < -0.4 is 5.73 Å². The van der Waals surface area contributed by atoms with Crippen LogP contribution in [0.2, 0.25) is 0 Å². The Morgan fingerprint density at radius 2 is 2.05 bits per heavy atom. The quantitative estimate of drug-likeness (QED) is 0.840. The highest BCUT2D eigenvalue weighted by molar-refractivity contribution is 8.15. The van der Waals surface area contributed by atoms with Gasteiger partial charge in [-0.05, 0) is 47.9 Å². The summed E-state index contributed by atoms with van der Waals surface area (Å²) in [6.45, 7) is 4.22. The van der Waals surface area contributed by atoms with Gasteiger partial charge in [-0.3, -0.25) is 9.59 Å². The van der Waals surface area contributed by atoms with E-state index in [-0.39, 0.29) is 16.4 Å². The fourth-order valence-electron chi connectivity index (χ4n) is 2.80. The zero-order valence-corrected chi connectivity index (χ0v) is 12.7. The standard InChI is InChI=1S/C14H17NO2S2/c1-14(2)5-8-10(9(16)6-14)11(7-3-4-7)18-12(8)19-13(15)17/h7H,3-6H2,1-2H3,(H2,15,17). The van der Waals surface area contributed by atoms with E-state index in [9.17, 15) is 9.59 Å². The number of ketones is 1. The second-order valence-electron chi connectivity index (χ2n) is 6.24. The highest BCUT2D eigenvalue weighted by Crippen LogP contribution is 2.52. The van der Waals surface area contributed by atoms with Crippen LogP contribution in [0.15, 0.2) is 4.21 Å². The molecule has 0 bridgehead atoms. The van der Waals surface area contributed by atoms with Crippen molar-refractivity contribution in [3.8, 4) is 0 Å².